The molecule has 1 fully saturated rings. The average molecular weight is 428 g/mol. The van der Waals surface area contributed by atoms with Gasteiger partial charge in [0.2, 0.25) is 0 Å². The molecule has 0 aliphatic carbocycles. The summed E-state index contributed by atoms with van der Waals surface area (Å²) in [5.74, 6) is 0.436. The van der Waals surface area contributed by atoms with E-state index in [-0.39, 0.29) is 12.5 Å². The van der Waals surface area contributed by atoms with Crippen LogP contribution in [-0.2, 0) is 11.2 Å². The molecule has 2 aromatic carbocycles. The fourth-order valence-electron chi connectivity index (χ4n) is 2.62. The van der Waals surface area contributed by atoms with Crippen molar-refractivity contribution in [1.29, 1.82) is 5.26 Å². The summed E-state index contributed by atoms with van der Waals surface area (Å²) in [5.41, 5.74) is 2.67. The molecule has 8 heteroatoms. The average Bonchev–Trinajstić information content (AvgIpc) is 3.06. The molecular formula is C21H18ClN3O3S. The van der Waals surface area contributed by atoms with Crippen molar-refractivity contribution in [3.8, 4) is 17.6 Å². The highest BCUT2D eigenvalue weighted by Gasteiger charge is 2.24. The highest BCUT2D eigenvalue weighted by Crippen LogP contribution is 2.38. The number of aliphatic imine (C=N–C) groups is 1. The minimum atomic E-state index is -0.237. The second-order valence-corrected chi connectivity index (χ2v) is 7.42. The van der Waals surface area contributed by atoms with Crippen LogP contribution in [0.15, 0.2) is 46.3 Å². The lowest BCUT2D eigenvalue weighted by atomic mass is 10.2. The first-order valence-corrected chi connectivity index (χ1v) is 9.99. The summed E-state index contributed by atoms with van der Waals surface area (Å²) in [6.45, 7) is 1.95. The number of nitrogens with zero attached hydrogens (tertiary/aromatic N) is 2. The van der Waals surface area contributed by atoms with Gasteiger partial charge in [-0.3, -0.25) is 4.79 Å². The molecule has 1 heterocycles. The highest BCUT2D eigenvalue weighted by atomic mass is 35.5. The zero-order valence-electron chi connectivity index (χ0n) is 15.9. The second kappa shape index (κ2) is 9.50. The van der Waals surface area contributed by atoms with Crippen LogP contribution in [0, 0.1) is 11.3 Å². The number of nitrogens with one attached hydrogen (secondary N) is 1. The van der Waals surface area contributed by atoms with E-state index >= 15 is 0 Å². The summed E-state index contributed by atoms with van der Waals surface area (Å²) in [6.07, 6.45) is 2.66. The molecule has 1 aliphatic heterocycles. The van der Waals surface area contributed by atoms with Gasteiger partial charge in [-0.15, -0.1) is 0 Å². The number of aryl methyl sites for hydroxylation is 1. The lowest BCUT2D eigenvalue weighted by Gasteiger charge is -2.11. The lowest BCUT2D eigenvalue weighted by molar-refractivity contribution is -0.115. The monoisotopic (exact) mass is 427 g/mol. The van der Waals surface area contributed by atoms with E-state index < -0.39 is 0 Å². The molecule has 0 saturated carbocycles. The first-order chi connectivity index (χ1) is 14.0. The summed E-state index contributed by atoms with van der Waals surface area (Å²) in [5, 5.41) is 12.3. The molecule has 0 bridgehead atoms. The highest BCUT2D eigenvalue weighted by molar-refractivity contribution is 8.18. The Balaban J connectivity index is 1.83. The van der Waals surface area contributed by atoms with Crippen LogP contribution in [-0.4, -0.2) is 24.8 Å². The number of carbonyl (C=O) groups excluding carboxylic acids is 1. The Morgan fingerprint density at radius 3 is 2.72 bits per heavy atom. The van der Waals surface area contributed by atoms with Crippen LogP contribution in [0.5, 0.6) is 11.5 Å². The number of thioether (sulfide) groups is 1. The maximum absolute atomic E-state index is 12.3. The van der Waals surface area contributed by atoms with Crippen molar-refractivity contribution in [2.24, 2.45) is 4.99 Å². The molecule has 1 N–H and O–H groups in total. The second-order valence-electron chi connectivity index (χ2n) is 5.98. The van der Waals surface area contributed by atoms with Gasteiger partial charge < -0.3 is 14.8 Å². The van der Waals surface area contributed by atoms with Crippen LogP contribution in [0.1, 0.15) is 18.1 Å². The van der Waals surface area contributed by atoms with Gasteiger partial charge in [0, 0.05) is 0 Å². The van der Waals surface area contributed by atoms with Crippen molar-refractivity contribution in [2.45, 2.75) is 13.3 Å². The molecule has 2 aromatic rings. The van der Waals surface area contributed by atoms with E-state index in [9.17, 15) is 4.79 Å². The molecule has 0 unspecified atom stereocenters. The maximum atomic E-state index is 12.3. The van der Waals surface area contributed by atoms with E-state index in [0.29, 0.717) is 32.2 Å². The lowest BCUT2D eigenvalue weighted by Crippen LogP contribution is -2.19. The summed E-state index contributed by atoms with van der Waals surface area (Å²) >= 11 is 7.50. The van der Waals surface area contributed by atoms with Gasteiger partial charge in [0.25, 0.3) is 5.91 Å². The summed E-state index contributed by atoms with van der Waals surface area (Å²) in [4.78, 5) is 17.3. The largest absolute Gasteiger partial charge is 0.493 e. The van der Waals surface area contributed by atoms with E-state index in [1.807, 2.05) is 30.3 Å². The first kappa shape index (κ1) is 20.8. The van der Waals surface area contributed by atoms with Crippen LogP contribution < -0.4 is 14.8 Å². The smallest absolute Gasteiger partial charge is 0.264 e. The minimum Gasteiger partial charge on any atom is -0.493 e. The van der Waals surface area contributed by atoms with E-state index in [2.05, 4.69) is 17.2 Å². The van der Waals surface area contributed by atoms with Gasteiger partial charge in [0.05, 0.1) is 22.7 Å². The van der Waals surface area contributed by atoms with Crippen LogP contribution in [0.2, 0.25) is 5.02 Å². The summed E-state index contributed by atoms with van der Waals surface area (Å²) in [7, 11) is 1.48. The van der Waals surface area contributed by atoms with Crippen LogP contribution in [0.25, 0.3) is 6.08 Å². The molecule has 0 aromatic heterocycles. The number of halogens is 1. The Morgan fingerprint density at radius 2 is 2.07 bits per heavy atom. The third-order valence-electron chi connectivity index (χ3n) is 4.06. The standard InChI is InChI=1S/C21H18ClN3O3S/c1-3-13-4-6-15(7-5-13)24-21-25-20(26)18(29-21)12-14-10-16(22)19(28-9-8-23)17(11-14)27-2/h4-7,10-12H,3,9H2,1-2H3,(H,24,25,26)/b18-12-. The minimum absolute atomic E-state index is 0.145. The number of nitriles is 1. The molecular weight excluding hydrogens is 410 g/mol. The van der Waals surface area contributed by atoms with Crippen molar-refractivity contribution in [1.82, 2.24) is 5.32 Å². The van der Waals surface area contributed by atoms with E-state index in [1.54, 1.807) is 18.2 Å². The molecule has 148 valence electrons. The van der Waals surface area contributed by atoms with Crippen LogP contribution in [0.3, 0.4) is 0 Å². The molecule has 1 aliphatic rings. The third kappa shape index (κ3) is 5.11. The van der Waals surface area contributed by atoms with Gasteiger partial charge in [0.1, 0.15) is 6.07 Å². The van der Waals surface area contributed by atoms with Crippen molar-refractivity contribution >= 4 is 46.2 Å². The fraction of sp³-hybridized carbons (Fsp3) is 0.190. The summed E-state index contributed by atoms with van der Waals surface area (Å²) in [6, 6.07) is 13.1. The number of methoxy groups -OCH3 is 1. The quantitative estimate of drug-likeness (QED) is 0.675. The van der Waals surface area contributed by atoms with Crippen molar-refractivity contribution in [3.63, 3.8) is 0 Å². The Bertz CT molecular complexity index is 1030. The number of hydrogen-bond donors (Lipinski definition) is 1. The number of amidine groups is 1. The van der Waals surface area contributed by atoms with Crippen molar-refractivity contribution in [3.05, 3.63) is 57.5 Å². The van der Waals surface area contributed by atoms with E-state index in [0.717, 1.165) is 12.1 Å². The SMILES string of the molecule is CCc1ccc(N=C2NC(=O)/C(=C/c3cc(Cl)c(OCC#N)c(OC)c3)S2)cc1. The topological polar surface area (TPSA) is 83.7 Å². The van der Waals surface area contributed by atoms with Gasteiger partial charge in [-0.25, -0.2) is 4.99 Å². The van der Waals surface area contributed by atoms with Crippen molar-refractivity contribution < 1.29 is 14.3 Å². The molecule has 3 rings (SSSR count). The van der Waals surface area contributed by atoms with Crippen LogP contribution >= 0.6 is 23.4 Å². The molecule has 1 saturated heterocycles. The Labute approximate surface area is 178 Å². The Kier molecular flexibility index (Phi) is 6.81. The molecule has 29 heavy (non-hydrogen) atoms. The van der Waals surface area contributed by atoms with Crippen molar-refractivity contribution in [2.75, 3.05) is 13.7 Å². The summed E-state index contributed by atoms with van der Waals surface area (Å²) < 4.78 is 10.6. The Hall–Kier alpha value is -2.95. The van der Waals surface area contributed by atoms with Gasteiger partial charge in [-0.1, -0.05) is 30.7 Å². The zero-order valence-corrected chi connectivity index (χ0v) is 17.4. The zero-order chi connectivity index (χ0) is 20.8. The predicted molar refractivity (Wildman–Crippen MR) is 116 cm³/mol. The van der Waals surface area contributed by atoms with Gasteiger partial charge in [-0.2, -0.15) is 5.26 Å². The van der Waals surface area contributed by atoms with E-state index in [4.69, 9.17) is 26.3 Å². The normalized spacial score (nSPS) is 16.0. The van der Waals surface area contributed by atoms with Crippen LogP contribution in [0.4, 0.5) is 5.69 Å². The number of ether oxygens (including phenoxy) is 2. The number of carbonyl (C=O) groups is 1. The van der Waals surface area contributed by atoms with E-state index in [1.165, 1.54) is 24.4 Å². The van der Waals surface area contributed by atoms with Gasteiger partial charge >= 0.3 is 0 Å². The van der Waals surface area contributed by atoms with Gasteiger partial charge in [0.15, 0.2) is 23.3 Å². The number of benzene rings is 2. The predicted octanol–water partition coefficient (Wildman–Crippen LogP) is 4.70. The third-order valence-corrected chi connectivity index (χ3v) is 5.25. The Morgan fingerprint density at radius 1 is 1.31 bits per heavy atom. The molecule has 0 atom stereocenters. The molecule has 0 radical (unpaired) electrons. The molecule has 1 amide bonds. The number of hydrogen-bond acceptors (Lipinski definition) is 6. The fourth-order valence-corrected chi connectivity index (χ4v) is 3.74. The molecule has 0 spiro atoms. The number of rotatable bonds is 6. The number of amides is 1. The first-order valence-electron chi connectivity index (χ1n) is 8.79. The van der Waals surface area contributed by atoms with Gasteiger partial charge in [-0.05, 0) is 59.7 Å². The molecule has 6 nitrogen and oxygen atoms in total. The maximum Gasteiger partial charge on any atom is 0.264 e.